The second-order valence-electron chi connectivity index (χ2n) is 3.19. The fourth-order valence-electron chi connectivity index (χ4n) is 1.64. The number of hydrogen-bond acceptors (Lipinski definition) is 3. The van der Waals surface area contributed by atoms with Crippen molar-refractivity contribution in [2.24, 2.45) is 4.99 Å². The van der Waals surface area contributed by atoms with Gasteiger partial charge in [-0.25, -0.2) is 0 Å². The highest BCUT2D eigenvalue weighted by molar-refractivity contribution is 5.87. The Hall–Kier alpha value is -1.51. The van der Waals surface area contributed by atoms with Crippen molar-refractivity contribution in [3.05, 3.63) is 23.3 Å². The van der Waals surface area contributed by atoms with Crippen molar-refractivity contribution >= 4 is 6.21 Å². The van der Waals surface area contributed by atoms with Gasteiger partial charge in [0.2, 0.25) is 0 Å². The molecule has 0 radical (unpaired) electrons. The van der Waals surface area contributed by atoms with E-state index < -0.39 is 0 Å². The van der Waals surface area contributed by atoms with Crippen molar-refractivity contribution in [2.45, 2.75) is 6.42 Å². The molecule has 14 heavy (non-hydrogen) atoms. The van der Waals surface area contributed by atoms with E-state index in [4.69, 9.17) is 9.47 Å². The summed E-state index contributed by atoms with van der Waals surface area (Å²) < 4.78 is 10.5. The highest BCUT2D eigenvalue weighted by Gasteiger charge is 2.12. The lowest BCUT2D eigenvalue weighted by Gasteiger charge is -2.15. The Bertz CT molecular complexity index is 372. The predicted molar refractivity (Wildman–Crippen MR) is 55.7 cm³/mol. The molecule has 1 aliphatic rings. The van der Waals surface area contributed by atoms with Crippen LogP contribution in [0.5, 0.6) is 11.5 Å². The summed E-state index contributed by atoms with van der Waals surface area (Å²) >= 11 is 0. The number of nitrogens with zero attached hydrogens (tertiary/aromatic N) is 1. The van der Waals surface area contributed by atoms with E-state index >= 15 is 0 Å². The van der Waals surface area contributed by atoms with Crippen LogP contribution in [0, 0.1) is 0 Å². The van der Waals surface area contributed by atoms with E-state index in [0.717, 1.165) is 30.0 Å². The molecule has 1 aromatic rings. The van der Waals surface area contributed by atoms with Crippen LogP contribution in [-0.2, 0) is 6.42 Å². The minimum atomic E-state index is 0.836. The second kappa shape index (κ2) is 3.70. The van der Waals surface area contributed by atoms with Gasteiger partial charge in [-0.1, -0.05) is 0 Å². The van der Waals surface area contributed by atoms with Crippen LogP contribution in [-0.4, -0.2) is 27.0 Å². The summed E-state index contributed by atoms with van der Waals surface area (Å²) in [5.41, 5.74) is 2.33. The molecule has 0 saturated heterocycles. The summed E-state index contributed by atoms with van der Waals surface area (Å²) in [6.07, 6.45) is 2.83. The van der Waals surface area contributed by atoms with Crippen molar-refractivity contribution < 1.29 is 9.47 Å². The monoisotopic (exact) mass is 191 g/mol. The molecule has 74 valence electrons. The maximum Gasteiger partial charge on any atom is 0.131 e. The molecule has 1 heterocycles. The third-order valence-corrected chi connectivity index (χ3v) is 2.39. The molecule has 0 unspecified atom stereocenters. The largest absolute Gasteiger partial charge is 0.497 e. The molecule has 0 amide bonds. The van der Waals surface area contributed by atoms with Gasteiger partial charge >= 0.3 is 0 Å². The summed E-state index contributed by atoms with van der Waals surface area (Å²) in [5, 5.41) is 0. The van der Waals surface area contributed by atoms with E-state index in [1.165, 1.54) is 5.56 Å². The summed E-state index contributed by atoms with van der Waals surface area (Å²) in [7, 11) is 3.33. The maximum absolute atomic E-state index is 5.28. The lowest BCUT2D eigenvalue weighted by atomic mass is 10.0. The Labute approximate surface area is 83.4 Å². The van der Waals surface area contributed by atoms with E-state index in [-0.39, 0.29) is 0 Å². The topological polar surface area (TPSA) is 30.8 Å². The first-order valence-electron chi connectivity index (χ1n) is 4.60. The molecule has 0 atom stereocenters. The zero-order valence-corrected chi connectivity index (χ0v) is 8.41. The van der Waals surface area contributed by atoms with Crippen LogP contribution in [0.2, 0.25) is 0 Å². The Morgan fingerprint density at radius 2 is 2.07 bits per heavy atom. The van der Waals surface area contributed by atoms with Crippen LogP contribution in [0.1, 0.15) is 11.1 Å². The van der Waals surface area contributed by atoms with Gasteiger partial charge in [-0.05, 0) is 18.1 Å². The minimum Gasteiger partial charge on any atom is -0.497 e. The van der Waals surface area contributed by atoms with Crippen LogP contribution in [0.4, 0.5) is 0 Å². The van der Waals surface area contributed by atoms with Gasteiger partial charge in [0, 0.05) is 24.4 Å². The fraction of sp³-hybridized carbons (Fsp3) is 0.364. The molecule has 3 nitrogen and oxygen atoms in total. The SMILES string of the molecule is COc1cc2c(c(OC)c1)C=NCC2. The molecule has 0 N–H and O–H groups in total. The molecule has 0 fully saturated rings. The van der Waals surface area contributed by atoms with Crippen LogP contribution in [0.3, 0.4) is 0 Å². The van der Waals surface area contributed by atoms with Gasteiger partial charge in [0.1, 0.15) is 11.5 Å². The average Bonchev–Trinajstić information content (AvgIpc) is 2.27. The molecular weight excluding hydrogens is 178 g/mol. The normalized spacial score (nSPS) is 13.6. The molecule has 0 saturated carbocycles. The smallest absolute Gasteiger partial charge is 0.131 e. The quantitative estimate of drug-likeness (QED) is 0.712. The van der Waals surface area contributed by atoms with Gasteiger partial charge in [-0.15, -0.1) is 0 Å². The van der Waals surface area contributed by atoms with Crippen molar-refractivity contribution in [1.29, 1.82) is 0 Å². The maximum atomic E-state index is 5.28. The van der Waals surface area contributed by atoms with E-state index in [1.54, 1.807) is 14.2 Å². The van der Waals surface area contributed by atoms with E-state index in [0.29, 0.717) is 0 Å². The first-order chi connectivity index (χ1) is 6.85. The predicted octanol–water partition coefficient (Wildman–Crippen LogP) is 1.68. The van der Waals surface area contributed by atoms with Crippen LogP contribution < -0.4 is 9.47 Å². The van der Waals surface area contributed by atoms with Crippen molar-refractivity contribution in [2.75, 3.05) is 20.8 Å². The Morgan fingerprint density at radius 1 is 1.21 bits per heavy atom. The van der Waals surface area contributed by atoms with E-state index in [9.17, 15) is 0 Å². The van der Waals surface area contributed by atoms with Gasteiger partial charge in [0.05, 0.1) is 14.2 Å². The lowest BCUT2D eigenvalue weighted by molar-refractivity contribution is 0.393. The summed E-state index contributed by atoms with van der Waals surface area (Å²) in [6.45, 7) is 0.851. The minimum absolute atomic E-state index is 0.836. The zero-order chi connectivity index (χ0) is 9.97. The van der Waals surface area contributed by atoms with Gasteiger partial charge in [0.15, 0.2) is 0 Å². The number of ether oxygens (including phenoxy) is 2. The van der Waals surface area contributed by atoms with E-state index in [2.05, 4.69) is 4.99 Å². The number of benzene rings is 1. The number of aliphatic imine (C=N–C) groups is 1. The fourth-order valence-corrected chi connectivity index (χ4v) is 1.64. The van der Waals surface area contributed by atoms with Gasteiger partial charge < -0.3 is 9.47 Å². The van der Waals surface area contributed by atoms with Crippen molar-refractivity contribution in [3.63, 3.8) is 0 Å². The second-order valence-corrected chi connectivity index (χ2v) is 3.19. The molecule has 0 bridgehead atoms. The highest BCUT2D eigenvalue weighted by Crippen LogP contribution is 2.29. The molecule has 0 aromatic heterocycles. The molecule has 0 spiro atoms. The van der Waals surface area contributed by atoms with E-state index in [1.807, 2.05) is 18.3 Å². The first kappa shape index (κ1) is 9.06. The molecule has 0 aliphatic carbocycles. The molecule has 1 aromatic carbocycles. The Kier molecular flexibility index (Phi) is 2.39. The van der Waals surface area contributed by atoms with Gasteiger partial charge in [-0.3, -0.25) is 4.99 Å². The molecule has 3 heteroatoms. The Morgan fingerprint density at radius 3 is 2.79 bits per heavy atom. The average molecular weight is 191 g/mol. The lowest BCUT2D eigenvalue weighted by Crippen LogP contribution is -2.05. The van der Waals surface area contributed by atoms with Gasteiger partial charge in [0.25, 0.3) is 0 Å². The first-order valence-corrected chi connectivity index (χ1v) is 4.60. The van der Waals surface area contributed by atoms with Crippen LogP contribution in [0.25, 0.3) is 0 Å². The third kappa shape index (κ3) is 1.45. The van der Waals surface area contributed by atoms with Crippen molar-refractivity contribution in [3.8, 4) is 11.5 Å². The zero-order valence-electron chi connectivity index (χ0n) is 8.41. The standard InChI is InChI=1S/C11H13NO2/c1-13-9-5-8-3-4-12-7-10(8)11(6-9)14-2/h5-7H,3-4H2,1-2H3. The summed E-state index contributed by atoms with van der Waals surface area (Å²) in [5.74, 6) is 1.68. The highest BCUT2D eigenvalue weighted by atomic mass is 16.5. The summed E-state index contributed by atoms with van der Waals surface area (Å²) in [6, 6.07) is 3.93. The van der Waals surface area contributed by atoms with Gasteiger partial charge in [-0.2, -0.15) is 0 Å². The van der Waals surface area contributed by atoms with Crippen molar-refractivity contribution in [1.82, 2.24) is 0 Å². The number of methoxy groups -OCH3 is 2. The third-order valence-electron chi connectivity index (χ3n) is 2.39. The molecule has 1 aliphatic heterocycles. The number of fused-ring (bicyclic) bond motifs is 1. The van der Waals surface area contributed by atoms with Crippen LogP contribution in [0.15, 0.2) is 17.1 Å². The number of hydrogen-bond donors (Lipinski definition) is 0. The molecule has 2 rings (SSSR count). The van der Waals surface area contributed by atoms with Crippen LogP contribution >= 0.6 is 0 Å². The summed E-state index contributed by atoms with van der Waals surface area (Å²) in [4.78, 5) is 4.24. The number of rotatable bonds is 2. The Balaban J connectivity index is 2.54. The molecular formula is C11H13NO2.